The van der Waals surface area contributed by atoms with Gasteiger partial charge in [-0.05, 0) is 50.3 Å². The number of nitrogens with one attached hydrogen (secondary N) is 1. The number of carbonyl (C=O) groups is 1. The molecular formula is C14H20N2O2. The first-order chi connectivity index (χ1) is 8.56. The lowest BCUT2D eigenvalue weighted by atomic mass is 9.93. The van der Waals surface area contributed by atoms with E-state index in [-0.39, 0.29) is 18.1 Å². The molecule has 1 amide bonds. The largest absolute Gasteiger partial charge is 0.398 e. The molecule has 0 aromatic heterocycles. The van der Waals surface area contributed by atoms with Crippen molar-refractivity contribution in [2.45, 2.75) is 44.8 Å². The highest BCUT2D eigenvalue weighted by molar-refractivity contribution is 5.99. The van der Waals surface area contributed by atoms with E-state index in [9.17, 15) is 9.90 Å². The number of benzene rings is 1. The van der Waals surface area contributed by atoms with Gasteiger partial charge in [-0.3, -0.25) is 4.79 Å². The summed E-state index contributed by atoms with van der Waals surface area (Å²) in [7, 11) is 0. The number of carbonyl (C=O) groups excluding carboxylic acids is 1. The molecule has 0 unspecified atom stereocenters. The second kappa shape index (κ2) is 5.40. The van der Waals surface area contributed by atoms with Crippen LogP contribution in [-0.2, 0) is 0 Å². The Morgan fingerprint density at radius 1 is 1.33 bits per heavy atom. The van der Waals surface area contributed by atoms with Crippen LogP contribution in [0.4, 0.5) is 5.69 Å². The molecular weight excluding hydrogens is 228 g/mol. The maximum atomic E-state index is 12.1. The van der Waals surface area contributed by atoms with E-state index < -0.39 is 0 Å². The fourth-order valence-electron chi connectivity index (χ4n) is 2.37. The monoisotopic (exact) mass is 248 g/mol. The van der Waals surface area contributed by atoms with E-state index in [0.29, 0.717) is 11.3 Å². The van der Waals surface area contributed by atoms with E-state index in [1.54, 1.807) is 12.1 Å². The van der Waals surface area contributed by atoms with Gasteiger partial charge in [0.05, 0.1) is 11.7 Å². The molecule has 4 heteroatoms. The molecule has 4 nitrogen and oxygen atoms in total. The second-order valence-electron chi connectivity index (χ2n) is 5.07. The number of aryl methyl sites for hydroxylation is 1. The first kappa shape index (κ1) is 12.9. The number of hydrogen-bond donors (Lipinski definition) is 3. The molecule has 1 aliphatic rings. The number of nitrogens with two attached hydrogens (primary N) is 1. The van der Waals surface area contributed by atoms with E-state index in [2.05, 4.69) is 5.32 Å². The number of nitrogen functional groups attached to an aromatic ring is 1. The molecule has 1 fully saturated rings. The molecule has 0 radical (unpaired) electrons. The smallest absolute Gasteiger partial charge is 0.253 e. The topological polar surface area (TPSA) is 75.3 Å². The van der Waals surface area contributed by atoms with Gasteiger partial charge in [0.15, 0.2) is 0 Å². The zero-order chi connectivity index (χ0) is 13.1. The van der Waals surface area contributed by atoms with Gasteiger partial charge in [-0.25, -0.2) is 0 Å². The van der Waals surface area contributed by atoms with Crippen LogP contribution >= 0.6 is 0 Å². The summed E-state index contributed by atoms with van der Waals surface area (Å²) < 4.78 is 0. The lowest BCUT2D eigenvalue weighted by Gasteiger charge is -2.26. The van der Waals surface area contributed by atoms with Crippen molar-refractivity contribution in [1.29, 1.82) is 0 Å². The predicted molar refractivity (Wildman–Crippen MR) is 71.3 cm³/mol. The average molecular weight is 248 g/mol. The molecule has 1 aromatic rings. The van der Waals surface area contributed by atoms with Gasteiger partial charge in [0.2, 0.25) is 0 Å². The molecule has 1 saturated carbocycles. The van der Waals surface area contributed by atoms with E-state index >= 15 is 0 Å². The summed E-state index contributed by atoms with van der Waals surface area (Å²) in [5.41, 5.74) is 7.95. The zero-order valence-corrected chi connectivity index (χ0v) is 10.6. The van der Waals surface area contributed by atoms with Crippen LogP contribution in [0.25, 0.3) is 0 Å². The average Bonchev–Trinajstić information content (AvgIpc) is 2.32. The van der Waals surface area contributed by atoms with Gasteiger partial charge in [0.25, 0.3) is 5.91 Å². The van der Waals surface area contributed by atoms with Crippen LogP contribution in [0.2, 0.25) is 0 Å². The van der Waals surface area contributed by atoms with Crippen LogP contribution in [0, 0.1) is 6.92 Å². The predicted octanol–water partition coefficient (Wildman–Crippen LogP) is 1.61. The van der Waals surface area contributed by atoms with Crippen molar-refractivity contribution in [1.82, 2.24) is 5.32 Å². The van der Waals surface area contributed by atoms with E-state index in [0.717, 1.165) is 31.2 Å². The summed E-state index contributed by atoms with van der Waals surface area (Å²) in [5.74, 6) is -0.117. The van der Waals surface area contributed by atoms with Crippen molar-refractivity contribution in [3.8, 4) is 0 Å². The molecule has 1 aliphatic carbocycles. The Hall–Kier alpha value is -1.55. The lowest BCUT2D eigenvalue weighted by Crippen LogP contribution is -2.38. The number of anilines is 1. The third-order valence-electron chi connectivity index (χ3n) is 3.48. The van der Waals surface area contributed by atoms with E-state index in [1.165, 1.54) is 0 Å². The Labute approximate surface area is 107 Å². The molecule has 98 valence electrons. The quantitative estimate of drug-likeness (QED) is 0.696. The summed E-state index contributed by atoms with van der Waals surface area (Å²) in [6.07, 6.45) is 2.97. The molecule has 2 rings (SSSR count). The fourth-order valence-corrected chi connectivity index (χ4v) is 2.37. The molecule has 0 aliphatic heterocycles. The second-order valence-corrected chi connectivity index (χ2v) is 5.07. The molecule has 0 spiro atoms. The highest BCUT2D eigenvalue weighted by Gasteiger charge is 2.21. The fraction of sp³-hybridized carbons (Fsp3) is 0.500. The van der Waals surface area contributed by atoms with Gasteiger partial charge in [-0.15, -0.1) is 0 Å². The van der Waals surface area contributed by atoms with Crippen molar-refractivity contribution in [3.05, 3.63) is 29.3 Å². The SMILES string of the molecule is Cc1ccc(C(=O)NC2CCC(O)CC2)c(N)c1. The summed E-state index contributed by atoms with van der Waals surface area (Å²) in [6, 6.07) is 5.61. The van der Waals surface area contributed by atoms with Crippen LogP contribution in [0.1, 0.15) is 41.6 Å². The lowest BCUT2D eigenvalue weighted by molar-refractivity contribution is 0.0868. The maximum absolute atomic E-state index is 12.1. The molecule has 0 atom stereocenters. The Bertz CT molecular complexity index is 437. The highest BCUT2D eigenvalue weighted by Crippen LogP contribution is 2.20. The van der Waals surface area contributed by atoms with Crippen molar-refractivity contribution >= 4 is 11.6 Å². The highest BCUT2D eigenvalue weighted by atomic mass is 16.3. The van der Waals surface area contributed by atoms with Crippen molar-refractivity contribution < 1.29 is 9.90 Å². The summed E-state index contributed by atoms with van der Waals surface area (Å²) in [5, 5.41) is 12.4. The normalized spacial score (nSPS) is 23.7. The number of amides is 1. The molecule has 0 saturated heterocycles. The van der Waals surface area contributed by atoms with Gasteiger partial charge in [-0.2, -0.15) is 0 Å². The Morgan fingerprint density at radius 3 is 2.61 bits per heavy atom. The first-order valence-electron chi connectivity index (χ1n) is 6.41. The molecule has 0 heterocycles. The van der Waals surface area contributed by atoms with E-state index in [1.807, 2.05) is 13.0 Å². The molecule has 4 N–H and O–H groups in total. The minimum atomic E-state index is -0.206. The molecule has 1 aromatic carbocycles. The Balaban J connectivity index is 1.99. The van der Waals surface area contributed by atoms with Crippen molar-refractivity contribution in [2.75, 3.05) is 5.73 Å². The number of aliphatic hydroxyl groups excluding tert-OH is 1. The van der Waals surface area contributed by atoms with Crippen LogP contribution in [0.15, 0.2) is 18.2 Å². The van der Waals surface area contributed by atoms with Crippen LogP contribution in [0.3, 0.4) is 0 Å². The molecule has 18 heavy (non-hydrogen) atoms. The zero-order valence-electron chi connectivity index (χ0n) is 10.6. The van der Waals surface area contributed by atoms with Gasteiger partial charge in [0.1, 0.15) is 0 Å². The third-order valence-corrected chi connectivity index (χ3v) is 3.48. The van der Waals surface area contributed by atoms with Gasteiger partial charge in [0, 0.05) is 11.7 Å². The van der Waals surface area contributed by atoms with Crippen molar-refractivity contribution in [3.63, 3.8) is 0 Å². The summed E-state index contributed by atoms with van der Waals surface area (Å²) in [4.78, 5) is 12.1. The van der Waals surface area contributed by atoms with Gasteiger partial charge < -0.3 is 16.2 Å². The van der Waals surface area contributed by atoms with Gasteiger partial charge >= 0.3 is 0 Å². The van der Waals surface area contributed by atoms with E-state index in [4.69, 9.17) is 5.73 Å². The summed E-state index contributed by atoms with van der Waals surface area (Å²) >= 11 is 0. The standard InChI is InChI=1S/C14H20N2O2/c1-9-2-7-12(13(15)8-9)14(18)16-10-3-5-11(17)6-4-10/h2,7-8,10-11,17H,3-6,15H2,1H3,(H,16,18). The minimum Gasteiger partial charge on any atom is -0.398 e. The first-order valence-corrected chi connectivity index (χ1v) is 6.41. The third kappa shape index (κ3) is 3.01. The molecule has 0 bridgehead atoms. The number of aliphatic hydroxyl groups is 1. The number of rotatable bonds is 2. The Morgan fingerprint density at radius 2 is 2.00 bits per heavy atom. The van der Waals surface area contributed by atoms with Crippen LogP contribution < -0.4 is 11.1 Å². The minimum absolute atomic E-state index is 0.117. The van der Waals surface area contributed by atoms with Gasteiger partial charge in [-0.1, -0.05) is 6.07 Å². The summed E-state index contributed by atoms with van der Waals surface area (Å²) in [6.45, 7) is 1.95. The Kier molecular flexibility index (Phi) is 3.87. The van der Waals surface area contributed by atoms with Crippen LogP contribution in [0.5, 0.6) is 0 Å². The maximum Gasteiger partial charge on any atom is 0.253 e. The van der Waals surface area contributed by atoms with Crippen molar-refractivity contribution in [2.24, 2.45) is 0 Å². The van der Waals surface area contributed by atoms with Crippen LogP contribution in [-0.4, -0.2) is 23.2 Å². The number of hydrogen-bond acceptors (Lipinski definition) is 3.